The quantitative estimate of drug-likeness (QED) is 0.355. The summed E-state index contributed by atoms with van der Waals surface area (Å²) in [5.74, 6) is 0. The molecule has 0 radical (unpaired) electrons. The maximum atomic E-state index is 2.72. The summed E-state index contributed by atoms with van der Waals surface area (Å²) in [4.78, 5) is 2.72. The van der Waals surface area contributed by atoms with Gasteiger partial charge >= 0.3 is 0 Å². The van der Waals surface area contributed by atoms with Crippen molar-refractivity contribution in [3.05, 3.63) is 102 Å². The molecule has 1 fully saturated rings. The van der Waals surface area contributed by atoms with Crippen LogP contribution in [0.25, 0.3) is 27.1 Å². The van der Waals surface area contributed by atoms with Crippen molar-refractivity contribution in [1.29, 1.82) is 0 Å². The van der Waals surface area contributed by atoms with Crippen molar-refractivity contribution in [2.24, 2.45) is 0 Å². The van der Waals surface area contributed by atoms with Gasteiger partial charge in [0.2, 0.25) is 0 Å². The van der Waals surface area contributed by atoms with Crippen molar-refractivity contribution in [3.8, 4) is 0 Å². The molecule has 0 saturated carbocycles. The summed E-state index contributed by atoms with van der Waals surface area (Å²) < 4.78 is 0. The maximum Gasteiger partial charge on any atom is 0.0291 e. The predicted molar refractivity (Wildman–Crippen MR) is 123 cm³/mol. The molecule has 2 bridgehead atoms. The van der Waals surface area contributed by atoms with Crippen LogP contribution in [0.15, 0.2) is 91.0 Å². The third kappa shape index (κ3) is 2.89. The van der Waals surface area contributed by atoms with E-state index in [9.17, 15) is 0 Å². The van der Waals surface area contributed by atoms with E-state index in [1.807, 2.05) is 0 Å². The summed E-state index contributed by atoms with van der Waals surface area (Å²) in [5, 5.41) is 5.48. The molecule has 0 N–H and O–H groups in total. The molecule has 4 aromatic carbocycles. The van der Waals surface area contributed by atoms with Crippen LogP contribution < -0.4 is 0 Å². The minimum absolute atomic E-state index is 0.564. The number of nitrogens with zero attached hydrogens (tertiary/aromatic N) is 1. The molecule has 2 unspecified atom stereocenters. The van der Waals surface area contributed by atoms with Crippen molar-refractivity contribution in [3.63, 3.8) is 0 Å². The van der Waals surface area contributed by atoms with Crippen molar-refractivity contribution >= 4 is 27.1 Å². The Morgan fingerprint density at radius 3 is 2.28 bits per heavy atom. The summed E-state index contributed by atoms with van der Waals surface area (Å²) >= 11 is 0. The normalized spacial score (nSPS) is 21.6. The molecular weight excluding hydrogens is 350 g/mol. The Balaban J connectivity index is 1.43. The Morgan fingerprint density at radius 1 is 0.724 bits per heavy atom. The largest absolute Gasteiger partial charge is 0.289 e. The highest BCUT2D eigenvalue weighted by molar-refractivity contribution is 6.11. The summed E-state index contributed by atoms with van der Waals surface area (Å²) in [7, 11) is 0. The summed E-state index contributed by atoms with van der Waals surface area (Å²) in [6.07, 6.45) is 6.32. The van der Waals surface area contributed by atoms with Gasteiger partial charge in [-0.15, -0.1) is 0 Å². The van der Waals surface area contributed by atoms with Crippen LogP contribution >= 0.6 is 0 Å². The molecule has 4 aromatic rings. The molecule has 1 nitrogen and oxygen atoms in total. The lowest BCUT2D eigenvalue weighted by Crippen LogP contribution is -2.37. The van der Waals surface area contributed by atoms with Crippen LogP contribution in [0.1, 0.15) is 30.4 Å². The highest BCUT2D eigenvalue weighted by atomic mass is 15.2. The summed E-state index contributed by atoms with van der Waals surface area (Å²) in [6, 6.07) is 32.3. The van der Waals surface area contributed by atoms with Gasteiger partial charge in [0.15, 0.2) is 0 Å². The van der Waals surface area contributed by atoms with E-state index in [1.165, 1.54) is 45.5 Å². The first-order valence-corrected chi connectivity index (χ1v) is 10.8. The lowest BCUT2D eigenvalue weighted by atomic mass is 9.88. The van der Waals surface area contributed by atoms with Gasteiger partial charge in [-0.3, -0.25) is 4.90 Å². The van der Waals surface area contributed by atoms with E-state index in [2.05, 4.69) is 95.9 Å². The number of fused-ring (bicyclic) bond motifs is 5. The first-order valence-electron chi connectivity index (χ1n) is 10.8. The van der Waals surface area contributed by atoms with Crippen molar-refractivity contribution in [2.45, 2.75) is 37.9 Å². The van der Waals surface area contributed by atoms with Gasteiger partial charge in [0.05, 0.1) is 0 Å². The van der Waals surface area contributed by atoms with Crippen LogP contribution in [0.3, 0.4) is 0 Å². The SMILES string of the molecule is C1=C(c2cc3ccccc3c3ccccc23)CC2CCC1N2Cc1ccccc1. The fourth-order valence-electron chi connectivity index (χ4n) is 5.48. The van der Waals surface area contributed by atoms with Crippen LogP contribution in [0, 0.1) is 0 Å². The molecule has 1 saturated heterocycles. The molecule has 0 aromatic heterocycles. The Morgan fingerprint density at radius 2 is 1.45 bits per heavy atom. The molecule has 2 aliphatic heterocycles. The van der Waals surface area contributed by atoms with Gasteiger partial charge in [-0.1, -0.05) is 84.9 Å². The van der Waals surface area contributed by atoms with Gasteiger partial charge in [0.1, 0.15) is 0 Å². The van der Waals surface area contributed by atoms with Gasteiger partial charge in [-0.2, -0.15) is 0 Å². The van der Waals surface area contributed by atoms with Crippen LogP contribution in [-0.2, 0) is 6.54 Å². The minimum atomic E-state index is 0.564. The number of rotatable bonds is 3. The molecule has 0 spiro atoms. The average molecular weight is 376 g/mol. The van der Waals surface area contributed by atoms with Crippen molar-refractivity contribution in [2.75, 3.05) is 0 Å². The van der Waals surface area contributed by atoms with E-state index < -0.39 is 0 Å². The first kappa shape index (κ1) is 17.0. The van der Waals surface area contributed by atoms with Crippen LogP contribution in [0.2, 0.25) is 0 Å². The molecule has 2 aliphatic rings. The average Bonchev–Trinajstić information content (AvgIpc) is 3.00. The molecule has 2 atom stereocenters. The fraction of sp³-hybridized carbons (Fsp3) is 0.214. The van der Waals surface area contributed by atoms with Gasteiger partial charge in [0.25, 0.3) is 0 Å². The van der Waals surface area contributed by atoms with Gasteiger partial charge in [0, 0.05) is 18.6 Å². The molecule has 29 heavy (non-hydrogen) atoms. The van der Waals surface area contributed by atoms with E-state index >= 15 is 0 Å². The highest BCUT2D eigenvalue weighted by Crippen LogP contribution is 2.42. The maximum absolute atomic E-state index is 2.72. The molecule has 142 valence electrons. The van der Waals surface area contributed by atoms with E-state index in [-0.39, 0.29) is 0 Å². The zero-order valence-corrected chi connectivity index (χ0v) is 16.6. The third-order valence-corrected chi connectivity index (χ3v) is 6.86. The smallest absolute Gasteiger partial charge is 0.0291 e. The van der Waals surface area contributed by atoms with Gasteiger partial charge in [-0.25, -0.2) is 0 Å². The summed E-state index contributed by atoms with van der Waals surface area (Å²) in [5.41, 5.74) is 4.41. The van der Waals surface area contributed by atoms with Gasteiger partial charge < -0.3 is 0 Å². The zero-order chi connectivity index (χ0) is 19.2. The van der Waals surface area contributed by atoms with Crippen LogP contribution in [-0.4, -0.2) is 17.0 Å². The van der Waals surface area contributed by atoms with Crippen molar-refractivity contribution < 1.29 is 0 Å². The van der Waals surface area contributed by atoms with E-state index in [0.717, 1.165) is 13.0 Å². The number of hydrogen-bond donors (Lipinski definition) is 0. The topological polar surface area (TPSA) is 3.24 Å². The second-order valence-corrected chi connectivity index (χ2v) is 8.54. The first-order chi connectivity index (χ1) is 14.4. The Hall–Kier alpha value is -2.90. The van der Waals surface area contributed by atoms with Crippen molar-refractivity contribution in [1.82, 2.24) is 4.90 Å². The molecular formula is C28H25N. The molecule has 1 heteroatoms. The molecule has 0 aliphatic carbocycles. The summed E-state index contributed by atoms with van der Waals surface area (Å²) in [6.45, 7) is 1.07. The molecule has 6 rings (SSSR count). The van der Waals surface area contributed by atoms with Crippen LogP contribution in [0.5, 0.6) is 0 Å². The standard InChI is InChI=1S/C28H25N/c1-2-8-20(9-3-1)19-29-23-14-15-24(29)17-22(16-23)28-18-21-10-4-5-11-25(21)26-12-6-7-13-27(26)28/h1-13,16,18,23-24H,14-15,17,19H2. The molecule has 0 amide bonds. The lowest BCUT2D eigenvalue weighted by Gasteiger charge is -2.34. The highest BCUT2D eigenvalue weighted by Gasteiger charge is 2.36. The Bertz CT molecular complexity index is 1220. The Labute approximate surface area is 172 Å². The minimum Gasteiger partial charge on any atom is -0.289 e. The predicted octanol–water partition coefficient (Wildman–Crippen LogP) is 6.81. The van der Waals surface area contributed by atoms with Crippen LogP contribution in [0.4, 0.5) is 0 Å². The third-order valence-electron chi connectivity index (χ3n) is 6.86. The molecule has 2 heterocycles. The number of hydrogen-bond acceptors (Lipinski definition) is 1. The second kappa shape index (κ2) is 6.86. The number of benzene rings is 4. The monoisotopic (exact) mass is 375 g/mol. The van der Waals surface area contributed by atoms with E-state index in [1.54, 1.807) is 5.57 Å². The van der Waals surface area contributed by atoms with E-state index in [4.69, 9.17) is 0 Å². The fourth-order valence-corrected chi connectivity index (χ4v) is 5.48. The lowest BCUT2D eigenvalue weighted by molar-refractivity contribution is 0.203. The Kier molecular flexibility index (Phi) is 4.02. The zero-order valence-electron chi connectivity index (χ0n) is 16.6. The van der Waals surface area contributed by atoms with Gasteiger partial charge in [-0.05, 0) is 63.6 Å². The second-order valence-electron chi connectivity index (χ2n) is 8.54. The van der Waals surface area contributed by atoms with E-state index in [0.29, 0.717) is 12.1 Å².